The highest BCUT2D eigenvalue weighted by Crippen LogP contribution is 2.19. The lowest BCUT2D eigenvalue weighted by Crippen LogP contribution is -2.57. The number of carboxylic acids is 1. The van der Waals surface area contributed by atoms with Gasteiger partial charge in [-0.1, -0.05) is 18.2 Å². The molecule has 34 heavy (non-hydrogen) atoms. The summed E-state index contributed by atoms with van der Waals surface area (Å²) < 4.78 is 0. The Kier molecular flexibility index (Phi) is 9.45. The number of amides is 4. The van der Waals surface area contributed by atoms with Gasteiger partial charge in [0.05, 0.1) is 12.5 Å². The van der Waals surface area contributed by atoms with E-state index >= 15 is 0 Å². The van der Waals surface area contributed by atoms with Crippen LogP contribution in [0.1, 0.15) is 18.9 Å². The molecule has 12 nitrogen and oxygen atoms in total. The number of carboxylic acid groups (broad SMARTS) is 1. The molecule has 4 unspecified atom stereocenters. The van der Waals surface area contributed by atoms with Crippen LogP contribution in [0.15, 0.2) is 30.5 Å². The quantitative estimate of drug-likeness (QED) is 0.163. The molecule has 0 spiro atoms. The van der Waals surface area contributed by atoms with Crippen molar-refractivity contribution >= 4 is 53.1 Å². The van der Waals surface area contributed by atoms with E-state index in [1.54, 1.807) is 6.20 Å². The number of hydrogen-bond acceptors (Lipinski definition) is 7. The highest BCUT2D eigenvalue weighted by molar-refractivity contribution is 7.80. The molecule has 0 aliphatic heterocycles. The standard InChI is InChI=1S/C21H28N6O6S/c1-10(25-19(30)13(22)7-17(23)28)18(29)27-16(9-34)20(31)26-15(21(32)33)6-11-8-24-14-5-3-2-4-12(11)14/h2-5,8,10,13,15-16,24,34H,6-7,9,22H2,1H3,(H2,23,28)(H,25,30)(H,26,31)(H,27,29)(H,32,33). The number of aliphatic carboxylic acids is 1. The van der Waals surface area contributed by atoms with E-state index in [1.807, 2.05) is 24.3 Å². The van der Waals surface area contributed by atoms with Gasteiger partial charge in [0.25, 0.3) is 0 Å². The molecule has 184 valence electrons. The van der Waals surface area contributed by atoms with Crippen LogP contribution in [0.4, 0.5) is 0 Å². The fourth-order valence-corrected chi connectivity index (χ4v) is 3.44. The third-order valence-corrected chi connectivity index (χ3v) is 5.40. The fraction of sp³-hybridized carbons (Fsp3) is 0.381. The number of aromatic amines is 1. The molecule has 0 fully saturated rings. The van der Waals surface area contributed by atoms with Gasteiger partial charge in [-0.05, 0) is 18.6 Å². The molecule has 4 amide bonds. The number of carbonyl (C=O) groups excluding carboxylic acids is 4. The van der Waals surface area contributed by atoms with Crippen molar-refractivity contribution in [3.8, 4) is 0 Å². The summed E-state index contributed by atoms with van der Waals surface area (Å²) in [5, 5.41) is 17.6. The van der Waals surface area contributed by atoms with Crippen LogP contribution in [0.25, 0.3) is 10.9 Å². The monoisotopic (exact) mass is 492 g/mol. The predicted octanol–water partition coefficient (Wildman–Crippen LogP) is -1.60. The summed E-state index contributed by atoms with van der Waals surface area (Å²) >= 11 is 4.06. The van der Waals surface area contributed by atoms with E-state index in [-0.39, 0.29) is 12.2 Å². The van der Waals surface area contributed by atoms with Crippen LogP contribution in [-0.2, 0) is 30.4 Å². The van der Waals surface area contributed by atoms with E-state index in [4.69, 9.17) is 11.5 Å². The Morgan fingerprint density at radius 1 is 1.03 bits per heavy atom. The van der Waals surface area contributed by atoms with Gasteiger partial charge in [-0.3, -0.25) is 19.2 Å². The van der Waals surface area contributed by atoms with Crippen molar-refractivity contribution in [1.82, 2.24) is 20.9 Å². The number of primary amides is 1. The average molecular weight is 493 g/mol. The second-order valence-electron chi connectivity index (χ2n) is 7.71. The number of nitrogens with two attached hydrogens (primary N) is 2. The first-order valence-electron chi connectivity index (χ1n) is 10.4. The molecule has 1 aromatic carbocycles. The van der Waals surface area contributed by atoms with Gasteiger partial charge in [0.1, 0.15) is 18.1 Å². The summed E-state index contributed by atoms with van der Waals surface area (Å²) in [7, 11) is 0. The van der Waals surface area contributed by atoms with Crippen molar-refractivity contribution < 1.29 is 29.1 Å². The van der Waals surface area contributed by atoms with Gasteiger partial charge in [-0.2, -0.15) is 12.6 Å². The van der Waals surface area contributed by atoms with Crippen LogP contribution in [-0.4, -0.2) is 69.6 Å². The van der Waals surface area contributed by atoms with Gasteiger partial charge >= 0.3 is 5.97 Å². The lowest BCUT2D eigenvalue weighted by Gasteiger charge is -2.22. The van der Waals surface area contributed by atoms with Crippen LogP contribution >= 0.6 is 12.6 Å². The Hall–Kier alpha value is -3.58. The Bertz CT molecular complexity index is 1070. The van der Waals surface area contributed by atoms with E-state index in [1.165, 1.54) is 6.92 Å². The van der Waals surface area contributed by atoms with E-state index in [0.29, 0.717) is 5.56 Å². The number of rotatable bonds is 12. The summed E-state index contributed by atoms with van der Waals surface area (Å²) in [5.74, 6) is -4.38. The molecular formula is C21H28N6O6S. The number of thiol groups is 1. The molecule has 0 bridgehead atoms. The maximum absolute atomic E-state index is 12.7. The Morgan fingerprint density at radius 3 is 2.29 bits per heavy atom. The molecular weight excluding hydrogens is 464 g/mol. The number of aromatic nitrogens is 1. The normalized spacial score (nSPS) is 14.4. The molecule has 9 N–H and O–H groups in total. The van der Waals surface area contributed by atoms with Gasteiger partial charge in [-0.15, -0.1) is 0 Å². The maximum Gasteiger partial charge on any atom is 0.326 e. The van der Waals surface area contributed by atoms with Crippen molar-refractivity contribution in [1.29, 1.82) is 0 Å². The zero-order valence-corrected chi connectivity index (χ0v) is 19.3. The number of benzene rings is 1. The van der Waals surface area contributed by atoms with Crippen molar-refractivity contribution in [2.24, 2.45) is 11.5 Å². The average Bonchev–Trinajstić information content (AvgIpc) is 3.18. The van der Waals surface area contributed by atoms with Gasteiger partial charge in [0.15, 0.2) is 0 Å². The molecule has 0 saturated heterocycles. The number of hydrogen-bond donors (Lipinski definition) is 8. The van der Waals surface area contributed by atoms with Gasteiger partial charge in [0, 0.05) is 29.3 Å². The molecule has 1 aromatic heterocycles. The number of fused-ring (bicyclic) bond motifs is 1. The van der Waals surface area contributed by atoms with Gasteiger partial charge < -0.3 is 37.5 Å². The summed E-state index contributed by atoms with van der Waals surface area (Å²) in [4.78, 5) is 62.8. The maximum atomic E-state index is 12.7. The van der Waals surface area contributed by atoms with Crippen molar-refractivity contribution in [2.45, 2.75) is 43.9 Å². The minimum Gasteiger partial charge on any atom is -0.480 e. The largest absolute Gasteiger partial charge is 0.480 e. The second kappa shape index (κ2) is 12.0. The Labute approximate surface area is 200 Å². The third-order valence-electron chi connectivity index (χ3n) is 5.04. The van der Waals surface area contributed by atoms with E-state index in [0.717, 1.165) is 10.9 Å². The third kappa shape index (κ3) is 7.22. The number of carbonyl (C=O) groups is 5. The minimum absolute atomic E-state index is 0.0164. The van der Waals surface area contributed by atoms with Crippen LogP contribution in [0.2, 0.25) is 0 Å². The van der Waals surface area contributed by atoms with Crippen molar-refractivity contribution in [2.75, 3.05) is 5.75 Å². The van der Waals surface area contributed by atoms with E-state index < -0.39 is 60.2 Å². The molecule has 0 saturated carbocycles. The van der Waals surface area contributed by atoms with Crippen molar-refractivity contribution in [3.05, 3.63) is 36.0 Å². The summed E-state index contributed by atoms with van der Waals surface area (Å²) in [6.07, 6.45) is 1.30. The van der Waals surface area contributed by atoms with Crippen LogP contribution in [0, 0.1) is 0 Å². The Balaban J connectivity index is 1.99. The first kappa shape index (κ1) is 26.7. The summed E-state index contributed by atoms with van der Waals surface area (Å²) in [6, 6.07) is 2.61. The van der Waals surface area contributed by atoms with Gasteiger partial charge in [-0.25, -0.2) is 4.79 Å². The van der Waals surface area contributed by atoms with Crippen LogP contribution < -0.4 is 27.4 Å². The SMILES string of the molecule is CC(NC(=O)C(N)CC(N)=O)C(=O)NC(CS)C(=O)NC(Cc1c[nH]c2ccccc12)C(=O)O. The van der Waals surface area contributed by atoms with Gasteiger partial charge in [0.2, 0.25) is 23.6 Å². The first-order valence-corrected chi connectivity index (χ1v) is 11.0. The lowest BCUT2D eigenvalue weighted by molar-refractivity contribution is -0.142. The van der Waals surface area contributed by atoms with E-state index in [9.17, 15) is 29.1 Å². The smallest absolute Gasteiger partial charge is 0.326 e. The highest BCUT2D eigenvalue weighted by atomic mass is 32.1. The molecule has 0 aliphatic rings. The second-order valence-corrected chi connectivity index (χ2v) is 8.08. The van der Waals surface area contributed by atoms with Crippen molar-refractivity contribution in [3.63, 3.8) is 0 Å². The topological polar surface area (TPSA) is 209 Å². The number of para-hydroxylation sites is 1. The Morgan fingerprint density at radius 2 is 1.68 bits per heavy atom. The lowest BCUT2D eigenvalue weighted by atomic mass is 10.0. The zero-order chi connectivity index (χ0) is 25.4. The molecule has 0 aliphatic carbocycles. The minimum atomic E-state index is -1.25. The summed E-state index contributed by atoms with van der Waals surface area (Å²) in [5.41, 5.74) is 12.1. The number of nitrogens with one attached hydrogen (secondary N) is 4. The van der Waals surface area contributed by atoms with Crippen LogP contribution in [0.3, 0.4) is 0 Å². The molecule has 13 heteroatoms. The summed E-state index contributed by atoms with van der Waals surface area (Å²) in [6.45, 7) is 1.36. The molecule has 2 aromatic rings. The molecule has 0 radical (unpaired) electrons. The zero-order valence-electron chi connectivity index (χ0n) is 18.4. The molecule has 2 rings (SSSR count). The highest BCUT2D eigenvalue weighted by Gasteiger charge is 2.29. The van der Waals surface area contributed by atoms with E-state index in [2.05, 4.69) is 33.6 Å². The molecule has 1 heterocycles. The van der Waals surface area contributed by atoms with Crippen LogP contribution in [0.5, 0.6) is 0 Å². The molecule has 4 atom stereocenters. The number of H-pyrrole nitrogens is 1. The first-order chi connectivity index (χ1) is 16.0. The fourth-order valence-electron chi connectivity index (χ4n) is 3.18. The predicted molar refractivity (Wildman–Crippen MR) is 127 cm³/mol.